The number of nitrogens with zero attached hydrogens (tertiary/aromatic N) is 1. The molecule has 0 fully saturated rings. The summed E-state index contributed by atoms with van der Waals surface area (Å²) in [4.78, 5) is 23.7. The fourth-order valence-electron chi connectivity index (χ4n) is 1.60. The van der Waals surface area contributed by atoms with E-state index in [9.17, 15) is 9.59 Å². The van der Waals surface area contributed by atoms with Gasteiger partial charge in [-0.1, -0.05) is 6.07 Å². The molecule has 2 N–H and O–H groups in total. The second-order valence-corrected chi connectivity index (χ2v) is 4.33. The van der Waals surface area contributed by atoms with Crippen LogP contribution in [-0.4, -0.2) is 44.3 Å². The van der Waals surface area contributed by atoms with E-state index in [4.69, 9.17) is 9.84 Å². The zero-order valence-electron chi connectivity index (χ0n) is 11.3. The van der Waals surface area contributed by atoms with Crippen molar-refractivity contribution in [3.63, 3.8) is 0 Å². The molecule has 0 bridgehead atoms. The highest BCUT2D eigenvalue weighted by Crippen LogP contribution is 2.22. The molecule has 19 heavy (non-hydrogen) atoms. The average Bonchev–Trinajstić information content (AvgIpc) is 2.30. The lowest BCUT2D eigenvalue weighted by molar-refractivity contribution is -0.143. The topological polar surface area (TPSA) is 78.9 Å². The molecule has 1 aromatic rings. The van der Waals surface area contributed by atoms with Crippen LogP contribution < -0.4 is 10.2 Å². The Morgan fingerprint density at radius 2 is 2.00 bits per heavy atom. The van der Waals surface area contributed by atoms with Crippen LogP contribution in [0.2, 0.25) is 0 Å². The minimum absolute atomic E-state index is 0.280. The van der Waals surface area contributed by atoms with E-state index < -0.39 is 12.6 Å². The van der Waals surface area contributed by atoms with Crippen LogP contribution in [0.15, 0.2) is 18.2 Å². The molecule has 0 saturated heterocycles. The molecular weight excluding hydrogens is 248 g/mol. The highest BCUT2D eigenvalue weighted by atomic mass is 16.5. The standard InChI is InChI=1S/C13H18N2O4/c1-9-4-5-10(6-11(9)15(2)3)14-12(16)7-19-8-13(17)18/h4-6H,7-8H2,1-3H3,(H,14,16)(H,17,18). The first-order valence-corrected chi connectivity index (χ1v) is 5.77. The van der Waals surface area contributed by atoms with Crippen LogP contribution in [0, 0.1) is 6.92 Å². The van der Waals surface area contributed by atoms with Gasteiger partial charge in [-0.05, 0) is 24.6 Å². The first-order chi connectivity index (χ1) is 8.90. The summed E-state index contributed by atoms with van der Waals surface area (Å²) in [5.74, 6) is -1.48. The van der Waals surface area contributed by atoms with Gasteiger partial charge in [0, 0.05) is 25.5 Å². The van der Waals surface area contributed by atoms with Crippen molar-refractivity contribution in [2.45, 2.75) is 6.92 Å². The maximum absolute atomic E-state index is 11.5. The molecule has 0 heterocycles. The quantitative estimate of drug-likeness (QED) is 0.806. The zero-order valence-corrected chi connectivity index (χ0v) is 11.3. The second-order valence-electron chi connectivity index (χ2n) is 4.33. The Kier molecular flexibility index (Phi) is 5.32. The molecule has 1 aromatic carbocycles. The molecule has 0 aliphatic rings. The fraction of sp³-hybridized carbons (Fsp3) is 0.385. The minimum Gasteiger partial charge on any atom is -0.480 e. The second kappa shape index (κ2) is 6.75. The van der Waals surface area contributed by atoms with Crippen LogP contribution in [0.25, 0.3) is 0 Å². The van der Waals surface area contributed by atoms with Gasteiger partial charge in [0.05, 0.1) is 0 Å². The number of carbonyl (C=O) groups is 2. The number of carboxylic acids is 1. The van der Waals surface area contributed by atoms with Crippen molar-refractivity contribution < 1.29 is 19.4 Å². The van der Waals surface area contributed by atoms with Crippen molar-refractivity contribution in [3.8, 4) is 0 Å². The number of anilines is 2. The molecule has 1 amide bonds. The summed E-state index contributed by atoms with van der Waals surface area (Å²) in [6.45, 7) is 1.22. The first-order valence-electron chi connectivity index (χ1n) is 5.77. The Hall–Kier alpha value is -2.08. The molecule has 0 saturated carbocycles. The van der Waals surface area contributed by atoms with Crippen LogP contribution in [0.5, 0.6) is 0 Å². The van der Waals surface area contributed by atoms with E-state index in [-0.39, 0.29) is 12.5 Å². The number of aryl methyl sites for hydroxylation is 1. The summed E-state index contributed by atoms with van der Waals surface area (Å²) in [5, 5.41) is 11.0. The number of rotatable bonds is 6. The monoisotopic (exact) mass is 266 g/mol. The predicted molar refractivity (Wildman–Crippen MR) is 72.6 cm³/mol. The zero-order chi connectivity index (χ0) is 14.4. The lowest BCUT2D eigenvalue weighted by Gasteiger charge is -2.17. The largest absolute Gasteiger partial charge is 0.480 e. The van der Waals surface area contributed by atoms with Crippen LogP contribution in [0.1, 0.15) is 5.56 Å². The Balaban J connectivity index is 2.59. The van der Waals surface area contributed by atoms with E-state index in [0.717, 1.165) is 11.3 Å². The van der Waals surface area contributed by atoms with Crippen molar-refractivity contribution in [2.75, 3.05) is 37.5 Å². The minimum atomic E-state index is -1.10. The van der Waals surface area contributed by atoms with E-state index in [0.29, 0.717) is 5.69 Å². The van der Waals surface area contributed by atoms with Gasteiger partial charge in [-0.3, -0.25) is 4.79 Å². The average molecular weight is 266 g/mol. The maximum atomic E-state index is 11.5. The van der Waals surface area contributed by atoms with E-state index in [1.54, 1.807) is 6.07 Å². The number of hydrogen-bond acceptors (Lipinski definition) is 4. The molecular formula is C13H18N2O4. The predicted octanol–water partition coefficient (Wildman–Crippen LogP) is 1.10. The maximum Gasteiger partial charge on any atom is 0.329 e. The molecule has 1 rings (SSSR count). The van der Waals surface area contributed by atoms with Gasteiger partial charge < -0.3 is 20.1 Å². The summed E-state index contributed by atoms with van der Waals surface area (Å²) >= 11 is 0. The Morgan fingerprint density at radius 3 is 2.58 bits per heavy atom. The third-order valence-corrected chi connectivity index (χ3v) is 2.43. The number of aliphatic carboxylic acids is 1. The Bertz CT molecular complexity index is 472. The molecule has 0 aromatic heterocycles. The molecule has 6 heteroatoms. The highest BCUT2D eigenvalue weighted by molar-refractivity contribution is 5.92. The Labute approximate surface area is 112 Å². The van der Waals surface area contributed by atoms with E-state index in [1.165, 1.54) is 0 Å². The van der Waals surface area contributed by atoms with Crippen molar-refractivity contribution in [1.29, 1.82) is 0 Å². The van der Waals surface area contributed by atoms with E-state index >= 15 is 0 Å². The highest BCUT2D eigenvalue weighted by Gasteiger charge is 2.07. The van der Waals surface area contributed by atoms with Gasteiger partial charge in [-0.25, -0.2) is 4.79 Å². The summed E-state index contributed by atoms with van der Waals surface area (Å²) in [5.41, 5.74) is 2.76. The normalized spacial score (nSPS) is 10.1. The van der Waals surface area contributed by atoms with E-state index in [2.05, 4.69) is 5.32 Å². The van der Waals surface area contributed by atoms with Crippen molar-refractivity contribution >= 4 is 23.3 Å². The Morgan fingerprint density at radius 1 is 1.32 bits per heavy atom. The fourth-order valence-corrected chi connectivity index (χ4v) is 1.60. The SMILES string of the molecule is Cc1ccc(NC(=O)COCC(=O)O)cc1N(C)C. The van der Waals surface area contributed by atoms with Gasteiger partial charge in [-0.15, -0.1) is 0 Å². The number of nitrogens with one attached hydrogen (secondary N) is 1. The number of hydrogen-bond donors (Lipinski definition) is 2. The molecule has 0 radical (unpaired) electrons. The van der Waals surface area contributed by atoms with Crippen LogP contribution in [0.4, 0.5) is 11.4 Å². The number of carboxylic acid groups (broad SMARTS) is 1. The summed E-state index contributed by atoms with van der Waals surface area (Å²) < 4.78 is 4.71. The molecule has 0 spiro atoms. The van der Waals surface area contributed by atoms with Gasteiger partial charge in [-0.2, -0.15) is 0 Å². The third kappa shape index (κ3) is 4.97. The molecule has 0 aliphatic heterocycles. The van der Waals surface area contributed by atoms with Gasteiger partial charge in [0.2, 0.25) is 5.91 Å². The molecule has 104 valence electrons. The molecule has 0 aliphatic carbocycles. The molecule has 0 unspecified atom stereocenters. The summed E-state index contributed by atoms with van der Waals surface area (Å²) in [7, 11) is 3.84. The first kappa shape index (κ1) is 15.0. The molecule has 6 nitrogen and oxygen atoms in total. The van der Waals surface area contributed by atoms with Crippen LogP contribution >= 0.6 is 0 Å². The van der Waals surface area contributed by atoms with Crippen molar-refractivity contribution in [2.24, 2.45) is 0 Å². The van der Waals surface area contributed by atoms with Gasteiger partial charge in [0.25, 0.3) is 0 Å². The van der Waals surface area contributed by atoms with Crippen molar-refractivity contribution in [3.05, 3.63) is 23.8 Å². The smallest absolute Gasteiger partial charge is 0.329 e. The lowest BCUT2D eigenvalue weighted by Crippen LogP contribution is -2.21. The van der Waals surface area contributed by atoms with Crippen LogP contribution in [0.3, 0.4) is 0 Å². The van der Waals surface area contributed by atoms with E-state index in [1.807, 2.05) is 38.1 Å². The molecule has 0 atom stereocenters. The summed E-state index contributed by atoms with van der Waals surface area (Å²) in [6, 6.07) is 5.55. The number of amides is 1. The third-order valence-electron chi connectivity index (χ3n) is 2.43. The summed E-state index contributed by atoms with van der Waals surface area (Å²) in [6.07, 6.45) is 0. The number of carbonyl (C=O) groups excluding carboxylic acids is 1. The number of ether oxygens (including phenoxy) is 1. The van der Waals surface area contributed by atoms with Crippen LogP contribution in [-0.2, 0) is 14.3 Å². The lowest BCUT2D eigenvalue weighted by atomic mass is 10.1. The van der Waals surface area contributed by atoms with Gasteiger partial charge in [0.15, 0.2) is 0 Å². The van der Waals surface area contributed by atoms with Gasteiger partial charge in [0.1, 0.15) is 13.2 Å². The van der Waals surface area contributed by atoms with Gasteiger partial charge >= 0.3 is 5.97 Å². The van der Waals surface area contributed by atoms with Crippen molar-refractivity contribution in [1.82, 2.24) is 0 Å². The number of benzene rings is 1.